The number of allylic oxidation sites excluding steroid dienone is 2. The van der Waals surface area contributed by atoms with Crippen LogP contribution in [0.5, 0.6) is 0 Å². The van der Waals surface area contributed by atoms with E-state index >= 15 is 0 Å². The molecule has 1 saturated carbocycles. The summed E-state index contributed by atoms with van der Waals surface area (Å²) >= 11 is 0. The minimum absolute atomic E-state index is 0.101. The van der Waals surface area contributed by atoms with Crippen LogP contribution < -0.4 is 5.32 Å². The Morgan fingerprint density at radius 1 is 1.36 bits per heavy atom. The van der Waals surface area contributed by atoms with E-state index in [4.69, 9.17) is 0 Å². The second kappa shape index (κ2) is 5.65. The molecule has 6 unspecified atom stereocenters. The van der Waals surface area contributed by atoms with E-state index in [0.717, 1.165) is 37.7 Å². The summed E-state index contributed by atoms with van der Waals surface area (Å²) in [7, 11) is 0. The number of piperidine rings is 1. The highest BCUT2D eigenvalue weighted by molar-refractivity contribution is 5.31. The molecule has 0 aromatic carbocycles. The maximum atomic E-state index is 9.96. The predicted octanol–water partition coefficient (Wildman–Crippen LogP) is 3.54. The number of aliphatic hydroxyl groups excluding tert-OH is 1. The number of nitrogens with one attached hydrogen (secondary N) is 1. The van der Waals surface area contributed by atoms with Gasteiger partial charge in [-0.1, -0.05) is 19.9 Å². The number of nitrogens with zero attached hydrogens (tertiary/aromatic N) is 1. The van der Waals surface area contributed by atoms with Crippen molar-refractivity contribution in [3.05, 3.63) is 11.6 Å². The zero-order valence-corrected chi connectivity index (χ0v) is 14.2. The third-order valence-electron chi connectivity index (χ3n) is 6.98. The molecule has 0 bridgehead atoms. The molecule has 22 heavy (non-hydrogen) atoms. The molecule has 1 heterocycles. The molecule has 1 saturated heterocycles. The molecule has 2 fully saturated rings. The average Bonchev–Trinajstić information content (AvgIpc) is 2.85. The first-order chi connectivity index (χ1) is 10.4. The van der Waals surface area contributed by atoms with Gasteiger partial charge in [0.05, 0.1) is 12.2 Å². The van der Waals surface area contributed by atoms with Gasteiger partial charge in [0.25, 0.3) is 0 Å². The van der Waals surface area contributed by atoms with Crippen LogP contribution in [-0.4, -0.2) is 22.8 Å². The number of nitriles is 1. The van der Waals surface area contributed by atoms with E-state index in [1.807, 2.05) is 0 Å². The van der Waals surface area contributed by atoms with E-state index in [1.165, 1.54) is 12.8 Å². The number of hydrogen-bond donors (Lipinski definition) is 2. The van der Waals surface area contributed by atoms with E-state index in [0.29, 0.717) is 17.9 Å². The third kappa shape index (κ3) is 2.61. The van der Waals surface area contributed by atoms with Gasteiger partial charge in [0, 0.05) is 17.2 Å². The van der Waals surface area contributed by atoms with Crippen molar-refractivity contribution in [2.75, 3.05) is 0 Å². The van der Waals surface area contributed by atoms with Crippen molar-refractivity contribution in [3.63, 3.8) is 0 Å². The Bertz CT molecular complexity index is 508. The lowest BCUT2D eigenvalue weighted by atomic mass is 9.64. The molecule has 0 amide bonds. The molecule has 2 N–H and O–H groups in total. The van der Waals surface area contributed by atoms with Crippen molar-refractivity contribution in [2.45, 2.75) is 83.4 Å². The maximum Gasteiger partial charge on any atom is 0.0944 e. The van der Waals surface area contributed by atoms with Crippen LogP contribution in [0.25, 0.3) is 0 Å². The molecule has 3 aliphatic rings. The molecule has 122 valence electrons. The minimum Gasteiger partial charge on any atom is -0.393 e. The van der Waals surface area contributed by atoms with E-state index in [2.05, 4.69) is 38.2 Å². The van der Waals surface area contributed by atoms with Crippen molar-refractivity contribution in [3.8, 4) is 6.07 Å². The highest BCUT2D eigenvalue weighted by Gasteiger charge is 2.49. The second-order valence-electron chi connectivity index (χ2n) is 8.32. The van der Waals surface area contributed by atoms with Gasteiger partial charge in [0.1, 0.15) is 0 Å². The van der Waals surface area contributed by atoms with Crippen molar-refractivity contribution in [2.24, 2.45) is 17.3 Å². The first-order valence-corrected chi connectivity index (χ1v) is 8.98. The lowest BCUT2D eigenvalue weighted by molar-refractivity contribution is -0.00165. The van der Waals surface area contributed by atoms with Crippen LogP contribution in [0.4, 0.5) is 0 Å². The van der Waals surface area contributed by atoms with E-state index in [9.17, 15) is 10.4 Å². The molecule has 2 aliphatic carbocycles. The molecule has 6 atom stereocenters. The minimum atomic E-state index is -0.101. The summed E-state index contributed by atoms with van der Waals surface area (Å²) in [6.07, 6.45) is 9.50. The molecule has 3 heteroatoms. The van der Waals surface area contributed by atoms with E-state index in [1.54, 1.807) is 0 Å². The molecule has 1 aliphatic heterocycles. The summed E-state index contributed by atoms with van der Waals surface area (Å²) in [6.45, 7) is 6.92. The molecule has 3 nitrogen and oxygen atoms in total. The Hall–Kier alpha value is -0.850. The van der Waals surface area contributed by atoms with Crippen LogP contribution in [0.15, 0.2) is 11.6 Å². The first kappa shape index (κ1) is 16.0. The monoisotopic (exact) mass is 302 g/mol. The number of rotatable bonds is 2. The van der Waals surface area contributed by atoms with Gasteiger partial charge >= 0.3 is 0 Å². The molecule has 3 rings (SSSR count). The number of hydrogen-bond acceptors (Lipinski definition) is 3. The molecule has 0 spiro atoms. The van der Waals surface area contributed by atoms with E-state index in [-0.39, 0.29) is 17.1 Å². The quantitative estimate of drug-likeness (QED) is 0.820. The van der Waals surface area contributed by atoms with Gasteiger partial charge in [-0.15, -0.1) is 0 Å². The van der Waals surface area contributed by atoms with Gasteiger partial charge in [0.15, 0.2) is 0 Å². The fourth-order valence-corrected chi connectivity index (χ4v) is 5.26. The highest BCUT2D eigenvalue weighted by atomic mass is 16.3. The van der Waals surface area contributed by atoms with Crippen LogP contribution in [0.1, 0.15) is 65.7 Å². The highest BCUT2D eigenvalue weighted by Crippen LogP contribution is 2.49. The zero-order valence-electron chi connectivity index (χ0n) is 14.2. The fraction of sp³-hybridized carbons (Fsp3) is 0.842. The largest absolute Gasteiger partial charge is 0.393 e. The summed E-state index contributed by atoms with van der Waals surface area (Å²) in [5.74, 6) is 1.14. The Morgan fingerprint density at radius 3 is 2.82 bits per heavy atom. The Kier molecular flexibility index (Phi) is 4.12. The predicted molar refractivity (Wildman–Crippen MR) is 88.1 cm³/mol. The van der Waals surface area contributed by atoms with Crippen LogP contribution in [0.2, 0.25) is 0 Å². The second-order valence-corrected chi connectivity index (χ2v) is 8.32. The van der Waals surface area contributed by atoms with Crippen LogP contribution >= 0.6 is 0 Å². The van der Waals surface area contributed by atoms with Crippen LogP contribution in [0, 0.1) is 28.6 Å². The fourth-order valence-electron chi connectivity index (χ4n) is 5.26. The Balaban J connectivity index is 1.76. The normalized spacial score (nSPS) is 48.4. The van der Waals surface area contributed by atoms with Crippen molar-refractivity contribution in [1.29, 1.82) is 5.26 Å². The van der Waals surface area contributed by atoms with E-state index < -0.39 is 0 Å². The summed E-state index contributed by atoms with van der Waals surface area (Å²) in [6, 6.07) is 2.90. The zero-order chi connectivity index (χ0) is 16.0. The van der Waals surface area contributed by atoms with Crippen molar-refractivity contribution < 1.29 is 5.11 Å². The van der Waals surface area contributed by atoms with Crippen molar-refractivity contribution in [1.82, 2.24) is 5.32 Å². The van der Waals surface area contributed by atoms with Crippen LogP contribution in [0.3, 0.4) is 0 Å². The molecule has 0 aromatic heterocycles. The maximum absolute atomic E-state index is 9.96. The van der Waals surface area contributed by atoms with Gasteiger partial charge in [-0.3, -0.25) is 0 Å². The molecule has 0 aromatic rings. The summed E-state index contributed by atoms with van der Waals surface area (Å²) in [5, 5.41) is 23.2. The number of fused-ring (bicyclic) bond motifs is 1. The number of aliphatic hydroxyl groups is 1. The van der Waals surface area contributed by atoms with Gasteiger partial charge in [-0.05, 0) is 69.1 Å². The standard InChI is InChI=1S/C19H30N2O/c1-4-18(2)11-13(12-20)9-16(18)17-6-5-14-10-15(22)7-8-19(14,3)21-17/h11,14-17,21-22H,4-10H2,1-3H3. The summed E-state index contributed by atoms with van der Waals surface area (Å²) < 4.78 is 0. The third-order valence-corrected chi connectivity index (χ3v) is 6.98. The van der Waals surface area contributed by atoms with Crippen LogP contribution in [-0.2, 0) is 0 Å². The Labute approximate surface area is 134 Å². The summed E-state index contributed by atoms with van der Waals surface area (Å²) in [5.41, 5.74) is 1.30. The average molecular weight is 302 g/mol. The first-order valence-electron chi connectivity index (χ1n) is 8.98. The lowest BCUT2D eigenvalue weighted by Crippen LogP contribution is -2.62. The molecular weight excluding hydrogens is 272 g/mol. The smallest absolute Gasteiger partial charge is 0.0944 e. The molecule has 0 radical (unpaired) electrons. The topological polar surface area (TPSA) is 56.0 Å². The van der Waals surface area contributed by atoms with Gasteiger partial charge in [-0.2, -0.15) is 5.26 Å². The Morgan fingerprint density at radius 2 is 2.14 bits per heavy atom. The summed E-state index contributed by atoms with van der Waals surface area (Å²) in [4.78, 5) is 0. The van der Waals surface area contributed by atoms with Gasteiger partial charge in [-0.25, -0.2) is 0 Å². The van der Waals surface area contributed by atoms with Gasteiger partial charge in [0.2, 0.25) is 0 Å². The molecular formula is C19H30N2O. The van der Waals surface area contributed by atoms with Gasteiger partial charge < -0.3 is 10.4 Å². The lowest BCUT2D eigenvalue weighted by Gasteiger charge is -2.53. The SMILES string of the molecule is CCC1(C)C=C(C#N)CC1C1CCC2CC(O)CCC2(C)N1. The van der Waals surface area contributed by atoms with Crippen molar-refractivity contribution >= 4 is 0 Å².